The van der Waals surface area contributed by atoms with Gasteiger partial charge in [-0.3, -0.25) is 4.90 Å². The zero-order chi connectivity index (χ0) is 16.3. The van der Waals surface area contributed by atoms with Gasteiger partial charge >= 0.3 is 0 Å². The van der Waals surface area contributed by atoms with Gasteiger partial charge in [-0.1, -0.05) is 53.5 Å². The first kappa shape index (κ1) is 20.5. The number of nitrogens with zero attached hydrogens (tertiary/aromatic N) is 1. The van der Waals surface area contributed by atoms with Gasteiger partial charge in [-0.25, -0.2) is 0 Å². The van der Waals surface area contributed by atoms with E-state index in [-0.39, 0.29) is 0 Å². The molecule has 0 aromatic rings. The van der Waals surface area contributed by atoms with Gasteiger partial charge in [0.1, 0.15) is 0 Å². The van der Waals surface area contributed by atoms with Gasteiger partial charge in [0, 0.05) is 24.8 Å². The van der Waals surface area contributed by atoms with Crippen molar-refractivity contribution in [2.75, 3.05) is 19.6 Å². The van der Waals surface area contributed by atoms with Crippen LogP contribution in [0, 0.1) is 11.8 Å². The van der Waals surface area contributed by atoms with E-state index in [1.54, 1.807) is 0 Å². The van der Waals surface area contributed by atoms with E-state index in [1.807, 2.05) is 0 Å². The van der Waals surface area contributed by atoms with Crippen molar-refractivity contribution in [3.8, 4) is 0 Å². The van der Waals surface area contributed by atoms with Crippen molar-refractivity contribution < 1.29 is 0 Å². The normalized spacial score (nSPS) is 19.3. The van der Waals surface area contributed by atoms with Crippen LogP contribution in [0.4, 0.5) is 0 Å². The van der Waals surface area contributed by atoms with Gasteiger partial charge in [0.05, 0.1) is 0 Å². The molecule has 0 radical (unpaired) electrons. The molecule has 1 aliphatic heterocycles. The summed E-state index contributed by atoms with van der Waals surface area (Å²) in [5.41, 5.74) is 1.16. The molecule has 1 heterocycles. The second kappa shape index (κ2) is 12.1. The molecule has 1 fully saturated rings. The van der Waals surface area contributed by atoms with Gasteiger partial charge in [0.2, 0.25) is 0 Å². The smallest absolute Gasteiger partial charge is 0.0375 e. The predicted octanol–water partition coefficient (Wildman–Crippen LogP) is 5.06. The van der Waals surface area contributed by atoms with Crippen LogP contribution in [0.3, 0.4) is 0 Å². The Morgan fingerprint density at radius 3 is 2.38 bits per heavy atom. The van der Waals surface area contributed by atoms with Crippen LogP contribution in [0.15, 0.2) is 12.3 Å². The van der Waals surface area contributed by atoms with Crippen LogP contribution in [-0.4, -0.2) is 30.6 Å². The van der Waals surface area contributed by atoms with Gasteiger partial charge < -0.3 is 5.32 Å². The quantitative estimate of drug-likeness (QED) is 0.706. The van der Waals surface area contributed by atoms with Crippen LogP contribution < -0.4 is 5.32 Å². The molecular formula is C19H40N2. The van der Waals surface area contributed by atoms with Crippen LogP contribution in [0.2, 0.25) is 0 Å². The van der Waals surface area contributed by atoms with Gasteiger partial charge in [-0.15, -0.1) is 0 Å². The third kappa shape index (κ3) is 12.9. The summed E-state index contributed by atoms with van der Waals surface area (Å²) in [4.78, 5) is 2.51. The largest absolute Gasteiger partial charge is 0.386 e. The van der Waals surface area contributed by atoms with Crippen molar-refractivity contribution in [3.63, 3.8) is 0 Å². The lowest BCUT2D eigenvalue weighted by molar-refractivity contribution is 0.194. The Morgan fingerprint density at radius 2 is 1.95 bits per heavy atom. The SMILES string of the molecule is C=C(CN1CCCC(C)C1)NC(C)C.CCCCC(C)C. The van der Waals surface area contributed by atoms with E-state index >= 15 is 0 Å². The fraction of sp³-hybridized carbons (Fsp3) is 0.895. The summed E-state index contributed by atoms with van der Waals surface area (Å²) in [6.45, 7) is 21.0. The fourth-order valence-corrected chi connectivity index (χ4v) is 2.77. The highest BCUT2D eigenvalue weighted by Gasteiger charge is 2.16. The molecule has 21 heavy (non-hydrogen) atoms. The predicted molar refractivity (Wildman–Crippen MR) is 96.6 cm³/mol. The van der Waals surface area contributed by atoms with Gasteiger partial charge in [-0.05, 0) is 45.1 Å². The highest BCUT2D eigenvalue weighted by atomic mass is 15.1. The van der Waals surface area contributed by atoms with E-state index in [0.717, 1.165) is 24.1 Å². The summed E-state index contributed by atoms with van der Waals surface area (Å²) < 4.78 is 0. The maximum absolute atomic E-state index is 4.06. The lowest BCUT2D eigenvalue weighted by Gasteiger charge is -2.31. The van der Waals surface area contributed by atoms with Crippen molar-refractivity contribution in [1.29, 1.82) is 0 Å². The highest BCUT2D eigenvalue weighted by molar-refractivity contribution is 4.96. The molecule has 1 rings (SSSR count). The molecule has 126 valence electrons. The second-order valence-electron chi connectivity index (χ2n) is 7.42. The number of unbranched alkanes of at least 4 members (excludes halogenated alkanes) is 1. The van der Waals surface area contributed by atoms with E-state index in [4.69, 9.17) is 0 Å². The number of rotatable bonds is 7. The minimum absolute atomic E-state index is 0.504. The third-order valence-electron chi connectivity index (χ3n) is 3.78. The monoisotopic (exact) mass is 296 g/mol. The lowest BCUT2D eigenvalue weighted by Crippen LogP contribution is -2.38. The number of nitrogens with one attached hydrogen (secondary N) is 1. The molecule has 2 heteroatoms. The maximum Gasteiger partial charge on any atom is 0.0375 e. The van der Waals surface area contributed by atoms with Crippen LogP contribution in [0.1, 0.15) is 73.6 Å². The summed E-state index contributed by atoms with van der Waals surface area (Å²) in [5, 5.41) is 3.37. The molecule has 1 saturated heterocycles. The van der Waals surface area contributed by atoms with E-state index in [9.17, 15) is 0 Å². The minimum Gasteiger partial charge on any atom is -0.386 e. The first-order chi connectivity index (χ1) is 9.85. The van der Waals surface area contributed by atoms with E-state index < -0.39 is 0 Å². The third-order valence-corrected chi connectivity index (χ3v) is 3.78. The summed E-state index contributed by atoms with van der Waals surface area (Å²) >= 11 is 0. The molecule has 0 saturated carbocycles. The Balaban J connectivity index is 0.000000486. The molecule has 1 unspecified atom stereocenters. The van der Waals surface area contributed by atoms with Crippen LogP contribution >= 0.6 is 0 Å². The molecule has 0 aliphatic carbocycles. The van der Waals surface area contributed by atoms with Crippen molar-refractivity contribution >= 4 is 0 Å². The standard InChI is InChI=1S/C12H24N2.C7H16/c1-10(2)13-12(4)9-14-7-5-6-11(3)8-14;1-4-5-6-7(2)3/h10-11,13H,4-9H2,1-3H3;7H,4-6H2,1-3H3. The van der Waals surface area contributed by atoms with E-state index in [1.165, 1.54) is 45.2 Å². The maximum atomic E-state index is 4.06. The topological polar surface area (TPSA) is 15.3 Å². The average molecular weight is 297 g/mol. The fourth-order valence-electron chi connectivity index (χ4n) is 2.77. The Kier molecular flexibility index (Phi) is 11.8. The average Bonchev–Trinajstić information content (AvgIpc) is 2.36. The summed E-state index contributed by atoms with van der Waals surface area (Å²) in [7, 11) is 0. The molecule has 0 amide bonds. The number of likely N-dealkylation sites (tertiary alicyclic amines) is 1. The zero-order valence-corrected chi connectivity index (χ0v) is 15.5. The number of piperidine rings is 1. The summed E-state index contributed by atoms with van der Waals surface area (Å²) in [6, 6.07) is 0.504. The molecule has 1 aliphatic rings. The second-order valence-corrected chi connectivity index (χ2v) is 7.42. The molecule has 0 aromatic heterocycles. The Bertz CT molecular complexity index is 258. The van der Waals surface area contributed by atoms with Crippen molar-refractivity contribution in [1.82, 2.24) is 10.2 Å². The van der Waals surface area contributed by atoms with E-state index in [2.05, 4.69) is 58.3 Å². The molecule has 1 N–H and O–H groups in total. The molecular weight excluding hydrogens is 256 g/mol. The van der Waals surface area contributed by atoms with Gasteiger partial charge in [0.15, 0.2) is 0 Å². The summed E-state index contributed by atoms with van der Waals surface area (Å²) in [5.74, 6) is 1.76. The first-order valence-electron chi connectivity index (χ1n) is 9.01. The van der Waals surface area contributed by atoms with Crippen LogP contribution in [-0.2, 0) is 0 Å². The number of hydrogen-bond donors (Lipinski definition) is 1. The van der Waals surface area contributed by atoms with Gasteiger partial charge in [0.25, 0.3) is 0 Å². The zero-order valence-electron chi connectivity index (χ0n) is 15.5. The molecule has 0 bridgehead atoms. The minimum atomic E-state index is 0.504. The van der Waals surface area contributed by atoms with Crippen molar-refractivity contribution in [3.05, 3.63) is 12.3 Å². The molecule has 0 spiro atoms. The van der Waals surface area contributed by atoms with E-state index in [0.29, 0.717) is 6.04 Å². The molecule has 2 nitrogen and oxygen atoms in total. The van der Waals surface area contributed by atoms with Crippen LogP contribution in [0.5, 0.6) is 0 Å². The Labute approximate surface area is 134 Å². The Hall–Kier alpha value is -0.500. The Morgan fingerprint density at radius 1 is 1.29 bits per heavy atom. The van der Waals surface area contributed by atoms with Gasteiger partial charge in [-0.2, -0.15) is 0 Å². The van der Waals surface area contributed by atoms with Crippen molar-refractivity contribution in [2.45, 2.75) is 79.7 Å². The molecule has 1 atom stereocenters. The highest BCUT2D eigenvalue weighted by Crippen LogP contribution is 2.15. The number of hydrogen-bond acceptors (Lipinski definition) is 2. The lowest BCUT2D eigenvalue weighted by atomic mass is 10.0. The van der Waals surface area contributed by atoms with Crippen LogP contribution in [0.25, 0.3) is 0 Å². The molecule has 0 aromatic carbocycles. The van der Waals surface area contributed by atoms with Crippen molar-refractivity contribution in [2.24, 2.45) is 11.8 Å². The summed E-state index contributed by atoms with van der Waals surface area (Å²) in [6.07, 6.45) is 6.88. The first-order valence-corrected chi connectivity index (χ1v) is 9.01.